The lowest BCUT2D eigenvalue weighted by molar-refractivity contribution is 0.310. The van der Waals surface area contributed by atoms with Crippen molar-refractivity contribution >= 4 is 16.5 Å². The molecule has 0 saturated carbocycles. The number of allylic oxidation sites excluding steroid dienone is 2. The van der Waals surface area contributed by atoms with E-state index in [0.29, 0.717) is 0 Å². The molecule has 0 unspecified atom stereocenters. The number of benzene rings is 2. The summed E-state index contributed by atoms with van der Waals surface area (Å²) in [6, 6.07) is 11.6. The molecule has 2 aliphatic rings. The normalized spacial score (nSPS) is 17.1. The van der Waals surface area contributed by atoms with Gasteiger partial charge >= 0.3 is 0 Å². The average Bonchev–Trinajstić information content (AvgIpc) is 2.79. The monoisotopic (exact) mass is 346 g/mol. The van der Waals surface area contributed by atoms with Gasteiger partial charge < -0.3 is 9.47 Å². The Hall–Kier alpha value is -2.39. The fourth-order valence-corrected chi connectivity index (χ4v) is 4.66. The van der Waals surface area contributed by atoms with Crippen LogP contribution in [-0.2, 0) is 25.9 Å². The van der Waals surface area contributed by atoms with Crippen molar-refractivity contribution in [1.29, 1.82) is 0 Å². The van der Waals surface area contributed by atoms with Gasteiger partial charge in [0.1, 0.15) is 5.82 Å². The molecule has 0 radical (unpaired) electrons. The highest BCUT2D eigenvalue weighted by atomic mass is 19.1. The molecule has 0 atom stereocenters. The molecule has 0 saturated heterocycles. The number of fused-ring (bicyclic) bond motifs is 3. The van der Waals surface area contributed by atoms with Crippen LogP contribution in [0.5, 0.6) is 0 Å². The lowest BCUT2D eigenvalue weighted by atomic mass is 9.94. The molecule has 0 spiro atoms. The summed E-state index contributed by atoms with van der Waals surface area (Å²) in [5.41, 5.74) is 9.55. The summed E-state index contributed by atoms with van der Waals surface area (Å²) in [7, 11) is 2.21. The van der Waals surface area contributed by atoms with Crippen molar-refractivity contribution in [2.45, 2.75) is 32.9 Å². The van der Waals surface area contributed by atoms with Crippen LogP contribution in [0.15, 0.2) is 42.5 Å². The predicted octanol–water partition coefficient (Wildman–Crippen LogP) is 4.72. The minimum absolute atomic E-state index is 0.176. The zero-order valence-corrected chi connectivity index (χ0v) is 15.3. The third kappa shape index (κ3) is 2.42. The molecule has 0 aliphatic carbocycles. The number of halogens is 1. The molecule has 2 aromatic carbocycles. The lowest BCUT2D eigenvalue weighted by Crippen LogP contribution is -2.27. The number of rotatable bonds is 1. The van der Waals surface area contributed by atoms with E-state index in [4.69, 9.17) is 0 Å². The number of nitrogens with zero attached hydrogens (tertiary/aromatic N) is 2. The number of hydrogen-bond acceptors (Lipinski definition) is 1. The summed E-state index contributed by atoms with van der Waals surface area (Å²) in [4.78, 5) is 2.42. The van der Waals surface area contributed by atoms with Crippen molar-refractivity contribution in [2.75, 3.05) is 13.6 Å². The van der Waals surface area contributed by atoms with Crippen LogP contribution in [0, 0.1) is 12.7 Å². The Morgan fingerprint density at radius 2 is 1.88 bits per heavy atom. The highest BCUT2D eigenvalue weighted by molar-refractivity contribution is 5.91. The maximum absolute atomic E-state index is 13.3. The standard InChI is InChI=1S/C23H23FN2/c1-15-11-18-13-17(16-3-5-19(24)6-4-16)7-10-26-22-8-9-25(2)14-21(22)20(12-15)23(18)26/h3-7,11-12H,8-10,13-14H2,1-2H3. The molecule has 26 heavy (non-hydrogen) atoms. The summed E-state index contributed by atoms with van der Waals surface area (Å²) in [5, 5.41) is 1.43. The lowest BCUT2D eigenvalue weighted by Gasteiger charge is -2.24. The average molecular weight is 346 g/mol. The predicted molar refractivity (Wildman–Crippen MR) is 105 cm³/mol. The Kier molecular flexibility index (Phi) is 3.54. The third-order valence-electron chi connectivity index (χ3n) is 5.88. The highest BCUT2D eigenvalue weighted by Gasteiger charge is 2.25. The Bertz CT molecular complexity index is 1040. The van der Waals surface area contributed by atoms with E-state index in [-0.39, 0.29) is 5.82 Å². The number of hydrogen-bond donors (Lipinski definition) is 0. The van der Waals surface area contributed by atoms with E-state index < -0.39 is 0 Å². The zero-order valence-electron chi connectivity index (χ0n) is 15.3. The van der Waals surface area contributed by atoms with Gasteiger partial charge in [0.25, 0.3) is 0 Å². The van der Waals surface area contributed by atoms with Gasteiger partial charge in [-0.15, -0.1) is 0 Å². The topological polar surface area (TPSA) is 8.17 Å². The largest absolute Gasteiger partial charge is 0.340 e. The first kappa shape index (κ1) is 15.8. The number of aromatic nitrogens is 1. The van der Waals surface area contributed by atoms with Crippen LogP contribution in [0.1, 0.15) is 27.9 Å². The van der Waals surface area contributed by atoms with Crippen molar-refractivity contribution < 1.29 is 4.39 Å². The van der Waals surface area contributed by atoms with Gasteiger partial charge in [-0.2, -0.15) is 0 Å². The molecule has 0 fully saturated rings. The van der Waals surface area contributed by atoms with Crippen LogP contribution in [-0.4, -0.2) is 23.1 Å². The molecule has 1 aromatic heterocycles. The van der Waals surface area contributed by atoms with Crippen molar-refractivity contribution in [2.24, 2.45) is 0 Å². The summed E-state index contributed by atoms with van der Waals surface area (Å²) in [5.74, 6) is -0.176. The summed E-state index contributed by atoms with van der Waals surface area (Å²) in [6.45, 7) is 5.25. The first-order chi connectivity index (χ1) is 12.6. The molecule has 3 heteroatoms. The molecular formula is C23H23FN2. The summed E-state index contributed by atoms with van der Waals surface area (Å²) < 4.78 is 15.9. The third-order valence-corrected chi connectivity index (χ3v) is 5.88. The minimum Gasteiger partial charge on any atom is -0.340 e. The van der Waals surface area contributed by atoms with E-state index in [9.17, 15) is 4.39 Å². The quantitative estimate of drug-likeness (QED) is 0.619. The van der Waals surface area contributed by atoms with Crippen LogP contribution in [0.4, 0.5) is 4.39 Å². The fraction of sp³-hybridized carbons (Fsp3) is 0.304. The van der Waals surface area contributed by atoms with E-state index in [1.54, 1.807) is 12.1 Å². The second kappa shape index (κ2) is 5.82. The van der Waals surface area contributed by atoms with Crippen LogP contribution < -0.4 is 0 Å². The Labute approximate surface area is 153 Å². The van der Waals surface area contributed by atoms with Gasteiger partial charge in [0.15, 0.2) is 0 Å². The molecule has 3 heterocycles. The van der Waals surface area contributed by atoms with Crippen LogP contribution >= 0.6 is 0 Å². The van der Waals surface area contributed by atoms with Crippen molar-refractivity contribution in [3.8, 4) is 0 Å². The van der Waals surface area contributed by atoms with Gasteiger partial charge in [0.05, 0.1) is 5.52 Å². The highest BCUT2D eigenvalue weighted by Crippen LogP contribution is 2.37. The SMILES string of the molecule is Cc1cc2c3c(c1)c1c(n3CC=C(c3ccc(F)cc3)C2)CCN(C)C1. The summed E-state index contributed by atoms with van der Waals surface area (Å²) >= 11 is 0. The maximum Gasteiger partial charge on any atom is 0.123 e. The molecule has 0 N–H and O–H groups in total. The van der Waals surface area contributed by atoms with Gasteiger partial charge in [-0.1, -0.05) is 29.8 Å². The number of likely N-dealkylation sites (N-methyl/N-ethyl adjacent to an activating group) is 1. The first-order valence-electron chi connectivity index (χ1n) is 9.37. The van der Waals surface area contributed by atoms with Gasteiger partial charge in [0.2, 0.25) is 0 Å². The first-order valence-corrected chi connectivity index (χ1v) is 9.37. The molecule has 0 bridgehead atoms. The second-order valence-corrected chi connectivity index (χ2v) is 7.76. The van der Waals surface area contributed by atoms with E-state index in [0.717, 1.165) is 38.0 Å². The maximum atomic E-state index is 13.3. The van der Waals surface area contributed by atoms with Crippen molar-refractivity contribution in [1.82, 2.24) is 9.47 Å². The van der Waals surface area contributed by atoms with E-state index in [2.05, 4.69) is 41.6 Å². The molecular weight excluding hydrogens is 323 g/mol. The molecule has 0 amide bonds. The molecule has 3 aromatic rings. The van der Waals surface area contributed by atoms with Crippen LogP contribution in [0.3, 0.4) is 0 Å². The van der Waals surface area contributed by atoms with Gasteiger partial charge in [-0.05, 0) is 60.9 Å². The Morgan fingerprint density at radius 3 is 2.69 bits per heavy atom. The second-order valence-electron chi connectivity index (χ2n) is 7.76. The molecule has 2 aliphatic heterocycles. The zero-order chi connectivity index (χ0) is 17.8. The van der Waals surface area contributed by atoms with Gasteiger partial charge in [0, 0.05) is 37.1 Å². The number of aryl methyl sites for hydroxylation is 1. The van der Waals surface area contributed by atoms with Gasteiger partial charge in [-0.3, -0.25) is 0 Å². The van der Waals surface area contributed by atoms with Crippen LogP contribution in [0.25, 0.3) is 16.5 Å². The Morgan fingerprint density at radius 1 is 1.08 bits per heavy atom. The van der Waals surface area contributed by atoms with E-state index in [1.807, 2.05) is 12.1 Å². The summed E-state index contributed by atoms with van der Waals surface area (Å²) in [6.07, 6.45) is 4.35. The Balaban J connectivity index is 1.70. The molecule has 2 nitrogen and oxygen atoms in total. The van der Waals surface area contributed by atoms with Crippen LogP contribution in [0.2, 0.25) is 0 Å². The fourth-order valence-electron chi connectivity index (χ4n) is 4.66. The molecule has 132 valence electrons. The van der Waals surface area contributed by atoms with E-state index >= 15 is 0 Å². The van der Waals surface area contributed by atoms with E-state index in [1.165, 1.54) is 38.9 Å². The van der Waals surface area contributed by atoms with Gasteiger partial charge in [-0.25, -0.2) is 4.39 Å². The van der Waals surface area contributed by atoms with Crippen molar-refractivity contribution in [3.05, 3.63) is 76.2 Å². The molecule has 5 rings (SSSR count). The van der Waals surface area contributed by atoms with Crippen molar-refractivity contribution in [3.63, 3.8) is 0 Å². The minimum atomic E-state index is -0.176. The smallest absolute Gasteiger partial charge is 0.123 e.